The highest BCUT2D eigenvalue weighted by molar-refractivity contribution is 6.01. The SMILES string of the molecule is COc1cc(CC(=O)NCC(=O)N(CCCN(C)C)CCC(=O)O)ccc1NC(=O)Nc1ccccc1C. The van der Waals surface area contributed by atoms with Gasteiger partial charge in [-0.25, -0.2) is 4.79 Å². The molecule has 0 aromatic heterocycles. The average Bonchev–Trinajstić information content (AvgIpc) is 2.86. The summed E-state index contributed by atoms with van der Waals surface area (Å²) < 4.78 is 5.39. The first-order valence-corrected chi connectivity index (χ1v) is 12.3. The van der Waals surface area contributed by atoms with Crippen molar-refractivity contribution >= 4 is 35.2 Å². The lowest BCUT2D eigenvalue weighted by Gasteiger charge is -2.23. The molecule has 0 atom stereocenters. The normalized spacial score (nSPS) is 10.6. The highest BCUT2D eigenvalue weighted by Crippen LogP contribution is 2.26. The highest BCUT2D eigenvalue weighted by Gasteiger charge is 2.17. The minimum absolute atomic E-state index is 0.00488. The summed E-state index contributed by atoms with van der Waals surface area (Å²) >= 11 is 0. The van der Waals surface area contributed by atoms with Crippen LogP contribution in [0, 0.1) is 6.92 Å². The van der Waals surface area contributed by atoms with E-state index in [0.29, 0.717) is 35.7 Å². The number of urea groups is 1. The standard InChI is InChI=1S/C27H37N5O6/c1-19-8-5-6-9-21(19)29-27(37)30-22-11-10-20(16-23(22)38-4)17-24(33)28-18-25(34)32(15-12-26(35)36)14-7-13-31(2)3/h5-6,8-11,16H,7,12-15,17-18H2,1-4H3,(H,28,33)(H,35,36)(H2,29,30,37). The molecule has 0 heterocycles. The van der Waals surface area contributed by atoms with Crippen molar-refractivity contribution in [2.75, 3.05) is 58.0 Å². The van der Waals surface area contributed by atoms with Crippen LogP contribution in [0.15, 0.2) is 42.5 Å². The molecule has 206 valence electrons. The van der Waals surface area contributed by atoms with Gasteiger partial charge in [-0.1, -0.05) is 24.3 Å². The number of carboxylic acids is 1. The number of para-hydroxylation sites is 1. The van der Waals surface area contributed by atoms with Crippen molar-refractivity contribution in [2.24, 2.45) is 0 Å². The van der Waals surface area contributed by atoms with E-state index in [4.69, 9.17) is 9.84 Å². The van der Waals surface area contributed by atoms with Crippen LogP contribution in [0.2, 0.25) is 0 Å². The van der Waals surface area contributed by atoms with Crippen molar-refractivity contribution in [1.29, 1.82) is 0 Å². The molecule has 2 aromatic carbocycles. The Morgan fingerprint density at radius 1 is 0.947 bits per heavy atom. The number of hydrogen-bond acceptors (Lipinski definition) is 6. The van der Waals surface area contributed by atoms with Crippen LogP contribution in [0.1, 0.15) is 24.0 Å². The molecule has 0 saturated carbocycles. The maximum atomic E-state index is 12.6. The summed E-state index contributed by atoms with van der Waals surface area (Å²) in [5.41, 5.74) is 2.68. The number of nitrogens with one attached hydrogen (secondary N) is 3. The zero-order chi connectivity index (χ0) is 28.1. The van der Waals surface area contributed by atoms with Crippen molar-refractivity contribution < 1.29 is 29.0 Å². The zero-order valence-corrected chi connectivity index (χ0v) is 22.4. The number of amides is 4. The Hall–Kier alpha value is -4.12. The number of aryl methyl sites for hydroxylation is 1. The number of nitrogens with zero attached hydrogens (tertiary/aromatic N) is 2. The maximum Gasteiger partial charge on any atom is 0.323 e. The molecule has 0 aliphatic heterocycles. The van der Waals surface area contributed by atoms with Gasteiger partial charge in [0, 0.05) is 18.8 Å². The van der Waals surface area contributed by atoms with Gasteiger partial charge in [-0.2, -0.15) is 0 Å². The predicted molar refractivity (Wildman–Crippen MR) is 146 cm³/mol. The van der Waals surface area contributed by atoms with Gasteiger partial charge in [-0.3, -0.25) is 14.4 Å². The molecular weight excluding hydrogens is 490 g/mol. The Morgan fingerprint density at radius 2 is 1.66 bits per heavy atom. The third-order valence-electron chi connectivity index (χ3n) is 5.69. The molecule has 0 bridgehead atoms. The molecule has 38 heavy (non-hydrogen) atoms. The smallest absolute Gasteiger partial charge is 0.323 e. The fraction of sp³-hybridized carbons (Fsp3) is 0.407. The Morgan fingerprint density at radius 3 is 2.32 bits per heavy atom. The molecule has 4 amide bonds. The van der Waals surface area contributed by atoms with E-state index in [1.165, 1.54) is 12.0 Å². The minimum Gasteiger partial charge on any atom is -0.495 e. The Bertz CT molecular complexity index is 1120. The Balaban J connectivity index is 1.92. The quantitative estimate of drug-likeness (QED) is 0.296. The lowest BCUT2D eigenvalue weighted by Crippen LogP contribution is -2.42. The number of ether oxygens (including phenoxy) is 1. The summed E-state index contributed by atoms with van der Waals surface area (Å²) in [6.45, 7) is 2.91. The number of carbonyl (C=O) groups excluding carboxylic acids is 3. The van der Waals surface area contributed by atoms with Gasteiger partial charge in [-0.15, -0.1) is 0 Å². The molecule has 2 aromatic rings. The topological polar surface area (TPSA) is 140 Å². The van der Waals surface area contributed by atoms with Crippen molar-refractivity contribution in [3.63, 3.8) is 0 Å². The van der Waals surface area contributed by atoms with Crippen LogP contribution in [0.4, 0.5) is 16.2 Å². The third kappa shape index (κ3) is 10.5. The molecule has 0 spiro atoms. The molecular formula is C27H37N5O6. The molecule has 0 unspecified atom stereocenters. The van der Waals surface area contributed by atoms with Gasteiger partial charge in [0.05, 0.1) is 32.2 Å². The predicted octanol–water partition coefficient (Wildman–Crippen LogP) is 2.56. The van der Waals surface area contributed by atoms with E-state index < -0.39 is 12.0 Å². The number of anilines is 2. The monoisotopic (exact) mass is 527 g/mol. The molecule has 0 aliphatic carbocycles. The van der Waals surface area contributed by atoms with E-state index in [0.717, 1.165) is 12.1 Å². The lowest BCUT2D eigenvalue weighted by molar-refractivity contribution is -0.139. The van der Waals surface area contributed by atoms with Gasteiger partial charge in [0.25, 0.3) is 0 Å². The molecule has 11 nitrogen and oxygen atoms in total. The van der Waals surface area contributed by atoms with E-state index in [-0.39, 0.29) is 37.7 Å². The lowest BCUT2D eigenvalue weighted by atomic mass is 10.1. The fourth-order valence-electron chi connectivity index (χ4n) is 3.64. The summed E-state index contributed by atoms with van der Waals surface area (Å²) in [6, 6.07) is 11.9. The van der Waals surface area contributed by atoms with Crippen LogP contribution >= 0.6 is 0 Å². The van der Waals surface area contributed by atoms with Crippen molar-refractivity contribution in [3.8, 4) is 5.75 Å². The molecule has 0 saturated heterocycles. The average molecular weight is 528 g/mol. The van der Waals surface area contributed by atoms with Crippen LogP contribution in [0.5, 0.6) is 5.75 Å². The van der Waals surface area contributed by atoms with Gasteiger partial charge in [0.15, 0.2) is 0 Å². The summed E-state index contributed by atoms with van der Waals surface area (Å²) in [5, 5.41) is 17.1. The summed E-state index contributed by atoms with van der Waals surface area (Å²) in [4.78, 5) is 52.0. The van der Waals surface area contributed by atoms with Crippen molar-refractivity contribution in [2.45, 2.75) is 26.2 Å². The van der Waals surface area contributed by atoms with E-state index in [9.17, 15) is 19.2 Å². The number of carboxylic acid groups (broad SMARTS) is 1. The van der Waals surface area contributed by atoms with Gasteiger partial charge >= 0.3 is 12.0 Å². The van der Waals surface area contributed by atoms with E-state index in [2.05, 4.69) is 16.0 Å². The molecule has 0 radical (unpaired) electrons. The van der Waals surface area contributed by atoms with Crippen molar-refractivity contribution in [3.05, 3.63) is 53.6 Å². The maximum absolute atomic E-state index is 12.6. The number of methoxy groups -OCH3 is 1. The number of carbonyl (C=O) groups is 4. The first-order chi connectivity index (χ1) is 18.1. The van der Waals surface area contributed by atoms with Crippen LogP contribution in [-0.4, -0.2) is 86.1 Å². The Labute approximate surface area is 223 Å². The molecule has 4 N–H and O–H groups in total. The fourth-order valence-corrected chi connectivity index (χ4v) is 3.64. The Kier molecular flexibility index (Phi) is 12.0. The molecule has 0 aliphatic rings. The minimum atomic E-state index is -0.987. The van der Waals surface area contributed by atoms with Crippen molar-refractivity contribution in [1.82, 2.24) is 15.1 Å². The second-order valence-electron chi connectivity index (χ2n) is 9.06. The number of rotatable bonds is 14. The van der Waals surface area contributed by atoms with E-state index >= 15 is 0 Å². The van der Waals surface area contributed by atoms with Crippen LogP contribution in [-0.2, 0) is 20.8 Å². The summed E-state index contributed by atoms with van der Waals surface area (Å²) in [6.07, 6.45) is 0.523. The van der Waals surface area contributed by atoms with Gasteiger partial charge < -0.3 is 35.6 Å². The second kappa shape index (κ2) is 15.2. The zero-order valence-electron chi connectivity index (χ0n) is 22.4. The van der Waals surface area contributed by atoms with Gasteiger partial charge in [-0.05, 0) is 63.3 Å². The number of hydrogen-bond donors (Lipinski definition) is 4. The van der Waals surface area contributed by atoms with Gasteiger partial charge in [0.1, 0.15) is 5.75 Å². The van der Waals surface area contributed by atoms with E-state index in [1.807, 2.05) is 44.1 Å². The highest BCUT2D eigenvalue weighted by atomic mass is 16.5. The molecule has 0 fully saturated rings. The third-order valence-corrected chi connectivity index (χ3v) is 5.69. The number of aliphatic carboxylic acids is 1. The summed E-state index contributed by atoms with van der Waals surface area (Å²) in [7, 11) is 5.30. The van der Waals surface area contributed by atoms with Gasteiger partial charge in [0.2, 0.25) is 11.8 Å². The van der Waals surface area contributed by atoms with Crippen LogP contribution in [0.3, 0.4) is 0 Å². The number of benzene rings is 2. The van der Waals surface area contributed by atoms with Crippen LogP contribution in [0.25, 0.3) is 0 Å². The van der Waals surface area contributed by atoms with Crippen LogP contribution < -0.4 is 20.7 Å². The molecule has 2 rings (SSSR count). The largest absolute Gasteiger partial charge is 0.495 e. The first-order valence-electron chi connectivity index (χ1n) is 12.3. The first kappa shape index (κ1) is 30.1. The second-order valence-corrected chi connectivity index (χ2v) is 9.06. The van der Waals surface area contributed by atoms with E-state index in [1.54, 1.807) is 24.3 Å². The molecule has 11 heteroatoms. The summed E-state index contributed by atoms with van der Waals surface area (Å²) in [5.74, 6) is -1.31.